The smallest absolute Gasteiger partial charge is 0.293 e. The first kappa shape index (κ1) is 11.4. The fourth-order valence-corrected chi connectivity index (χ4v) is 1.87. The summed E-state index contributed by atoms with van der Waals surface area (Å²) in [5.74, 6) is 2.50. The monoisotopic (exact) mass is 240 g/mol. The average molecular weight is 240 g/mol. The molecule has 2 rings (SSSR count). The van der Waals surface area contributed by atoms with E-state index < -0.39 is 0 Å². The Morgan fingerprint density at radius 3 is 3.00 bits per heavy atom. The van der Waals surface area contributed by atoms with E-state index in [4.69, 9.17) is 0 Å². The minimum Gasteiger partial charge on any atom is -0.338 e. The van der Waals surface area contributed by atoms with Crippen molar-refractivity contribution >= 4 is 17.7 Å². The van der Waals surface area contributed by atoms with Crippen LogP contribution in [0.15, 0.2) is 0 Å². The van der Waals surface area contributed by atoms with Crippen LogP contribution in [0, 0.1) is 0 Å². The molecule has 1 amide bonds. The number of H-pyrrole nitrogens is 1. The van der Waals surface area contributed by atoms with E-state index in [0.29, 0.717) is 11.7 Å². The molecule has 1 fully saturated rings. The number of carbonyl (C=O) groups excluding carboxylic acids is 1. The van der Waals surface area contributed by atoms with E-state index in [0.717, 1.165) is 31.0 Å². The van der Waals surface area contributed by atoms with Gasteiger partial charge in [0.25, 0.3) is 5.91 Å². The Bertz CT molecular complexity index is 375. The summed E-state index contributed by atoms with van der Waals surface area (Å²) >= 11 is 1.72. The highest BCUT2D eigenvalue weighted by molar-refractivity contribution is 7.98. The van der Waals surface area contributed by atoms with Gasteiger partial charge >= 0.3 is 0 Å². The Morgan fingerprint density at radius 2 is 2.38 bits per heavy atom. The van der Waals surface area contributed by atoms with Crippen LogP contribution in [-0.4, -0.2) is 51.6 Å². The summed E-state index contributed by atoms with van der Waals surface area (Å²) in [4.78, 5) is 17.8. The van der Waals surface area contributed by atoms with Crippen LogP contribution >= 0.6 is 11.8 Å². The fraction of sp³-hybridized carbons (Fsp3) is 0.700. The fourth-order valence-electron chi connectivity index (χ4n) is 1.41. The summed E-state index contributed by atoms with van der Waals surface area (Å²) in [6.45, 7) is 0.729. The molecule has 1 saturated carbocycles. The molecule has 1 aliphatic carbocycles. The maximum Gasteiger partial charge on any atom is 0.293 e. The maximum atomic E-state index is 11.9. The SMILES string of the molecule is CSCCN(C)C(=O)c1n[nH]c(C2CC2)n1. The highest BCUT2D eigenvalue weighted by atomic mass is 32.2. The highest BCUT2D eigenvalue weighted by Crippen LogP contribution is 2.37. The molecule has 1 aromatic rings. The van der Waals surface area contributed by atoms with Gasteiger partial charge in [-0.1, -0.05) is 0 Å². The Labute approximate surface area is 99.0 Å². The second-order valence-corrected chi connectivity index (χ2v) is 5.02. The number of rotatable bonds is 5. The maximum absolute atomic E-state index is 11.9. The van der Waals surface area contributed by atoms with Crippen molar-refractivity contribution in [1.82, 2.24) is 20.1 Å². The summed E-state index contributed by atoms with van der Waals surface area (Å²) in [6.07, 6.45) is 4.34. The van der Waals surface area contributed by atoms with Gasteiger partial charge in [0.15, 0.2) is 0 Å². The zero-order valence-electron chi connectivity index (χ0n) is 9.56. The van der Waals surface area contributed by atoms with Gasteiger partial charge in [0.1, 0.15) is 5.82 Å². The number of hydrogen-bond donors (Lipinski definition) is 1. The molecule has 1 N–H and O–H groups in total. The van der Waals surface area contributed by atoms with Gasteiger partial charge in [0.05, 0.1) is 0 Å². The molecule has 88 valence electrons. The number of aromatic nitrogens is 3. The third-order valence-corrected chi connectivity index (χ3v) is 3.23. The first-order valence-corrected chi connectivity index (χ1v) is 6.78. The predicted molar refractivity (Wildman–Crippen MR) is 63.7 cm³/mol. The number of carbonyl (C=O) groups is 1. The molecular formula is C10H16N4OS. The number of nitrogens with one attached hydrogen (secondary N) is 1. The number of amides is 1. The Hall–Kier alpha value is -1.04. The van der Waals surface area contributed by atoms with Crippen molar-refractivity contribution in [3.05, 3.63) is 11.6 Å². The number of nitrogens with zero attached hydrogens (tertiary/aromatic N) is 3. The zero-order chi connectivity index (χ0) is 11.5. The van der Waals surface area contributed by atoms with Gasteiger partial charge in [0, 0.05) is 25.3 Å². The molecule has 0 spiro atoms. The molecule has 0 atom stereocenters. The van der Waals surface area contributed by atoms with Crippen LogP contribution in [0.1, 0.15) is 35.2 Å². The summed E-state index contributed by atoms with van der Waals surface area (Å²) < 4.78 is 0. The number of thioether (sulfide) groups is 1. The van der Waals surface area contributed by atoms with E-state index >= 15 is 0 Å². The van der Waals surface area contributed by atoms with Gasteiger partial charge in [-0.2, -0.15) is 11.8 Å². The molecule has 0 saturated heterocycles. The van der Waals surface area contributed by atoms with E-state index in [2.05, 4.69) is 15.2 Å². The van der Waals surface area contributed by atoms with Gasteiger partial charge in [-0.05, 0) is 19.1 Å². The van der Waals surface area contributed by atoms with E-state index in [1.165, 1.54) is 0 Å². The van der Waals surface area contributed by atoms with Crippen LogP contribution in [0.2, 0.25) is 0 Å². The Kier molecular flexibility index (Phi) is 3.48. The molecule has 6 heteroatoms. The largest absolute Gasteiger partial charge is 0.338 e. The molecule has 0 bridgehead atoms. The first-order chi connectivity index (χ1) is 7.72. The summed E-state index contributed by atoms with van der Waals surface area (Å²) in [5.41, 5.74) is 0. The molecule has 0 aliphatic heterocycles. The zero-order valence-corrected chi connectivity index (χ0v) is 10.4. The van der Waals surface area contributed by atoms with Crippen LogP contribution in [0.3, 0.4) is 0 Å². The minimum absolute atomic E-state index is 0.0998. The molecule has 0 unspecified atom stereocenters. The van der Waals surface area contributed by atoms with Crippen molar-refractivity contribution in [1.29, 1.82) is 0 Å². The van der Waals surface area contributed by atoms with Crippen LogP contribution in [0.5, 0.6) is 0 Å². The second-order valence-electron chi connectivity index (χ2n) is 4.04. The molecule has 16 heavy (non-hydrogen) atoms. The third kappa shape index (κ3) is 2.55. The van der Waals surface area contributed by atoms with Gasteiger partial charge in [-0.3, -0.25) is 9.89 Å². The van der Waals surface area contributed by atoms with Crippen LogP contribution in [-0.2, 0) is 0 Å². The van der Waals surface area contributed by atoms with Crippen molar-refractivity contribution in [2.75, 3.05) is 25.6 Å². The lowest BCUT2D eigenvalue weighted by Crippen LogP contribution is -2.29. The first-order valence-electron chi connectivity index (χ1n) is 5.39. The van der Waals surface area contributed by atoms with Gasteiger partial charge in [0.2, 0.25) is 5.82 Å². The molecule has 0 radical (unpaired) electrons. The topological polar surface area (TPSA) is 61.9 Å². The molecule has 0 aromatic carbocycles. The van der Waals surface area contributed by atoms with Crippen molar-refractivity contribution in [3.8, 4) is 0 Å². The molecule has 1 heterocycles. The van der Waals surface area contributed by atoms with E-state index in [1.54, 1.807) is 23.7 Å². The second kappa shape index (κ2) is 4.86. The standard InChI is InChI=1S/C10H16N4OS/c1-14(5-6-16-2)10(15)9-11-8(12-13-9)7-3-4-7/h7H,3-6H2,1-2H3,(H,11,12,13). The van der Waals surface area contributed by atoms with Gasteiger partial charge < -0.3 is 4.90 Å². The molecule has 1 aliphatic rings. The Morgan fingerprint density at radius 1 is 1.62 bits per heavy atom. The minimum atomic E-state index is -0.0998. The highest BCUT2D eigenvalue weighted by Gasteiger charge is 2.28. The number of hydrogen-bond acceptors (Lipinski definition) is 4. The molecule has 1 aromatic heterocycles. The summed E-state index contributed by atoms with van der Waals surface area (Å²) in [5, 5.41) is 6.82. The molecular weight excluding hydrogens is 224 g/mol. The molecule has 5 nitrogen and oxygen atoms in total. The van der Waals surface area contributed by atoms with Crippen LogP contribution in [0.25, 0.3) is 0 Å². The van der Waals surface area contributed by atoms with Crippen molar-refractivity contribution < 1.29 is 4.79 Å². The average Bonchev–Trinajstić information content (AvgIpc) is 3.03. The van der Waals surface area contributed by atoms with Crippen LogP contribution in [0.4, 0.5) is 0 Å². The number of aromatic amines is 1. The van der Waals surface area contributed by atoms with E-state index in [9.17, 15) is 4.79 Å². The lowest BCUT2D eigenvalue weighted by molar-refractivity contribution is 0.0792. The summed E-state index contributed by atoms with van der Waals surface area (Å²) in [6, 6.07) is 0. The van der Waals surface area contributed by atoms with Crippen LogP contribution < -0.4 is 0 Å². The van der Waals surface area contributed by atoms with Crippen molar-refractivity contribution in [3.63, 3.8) is 0 Å². The van der Waals surface area contributed by atoms with Crippen molar-refractivity contribution in [2.45, 2.75) is 18.8 Å². The van der Waals surface area contributed by atoms with Crippen molar-refractivity contribution in [2.24, 2.45) is 0 Å². The van der Waals surface area contributed by atoms with Gasteiger partial charge in [-0.25, -0.2) is 4.98 Å². The Balaban J connectivity index is 1.96. The third-order valence-electron chi connectivity index (χ3n) is 2.64. The lowest BCUT2D eigenvalue weighted by Gasteiger charge is -2.13. The normalized spacial score (nSPS) is 15.1. The quantitative estimate of drug-likeness (QED) is 0.837. The van der Waals surface area contributed by atoms with Gasteiger partial charge in [-0.15, -0.1) is 5.10 Å². The summed E-state index contributed by atoms with van der Waals surface area (Å²) in [7, 11) is 1.78. The van der Waals surface area contributed by atoms with E-state index in [1.807, 2.05) is 6.26 Å². The van der Waals surface area contributed by atoms with E-state index in [-0.39, 0.29) is 5.91 Å². The predicted octanol–water partition coefficient (Wildman–Crippen LogP) is 1.12. The lowest BCUT2D eigenvalue weighted by atomic mass is 10.4.